The van der Waals surface area contributed by atoms with Crippen molar-refractivity contribution in [3.63, 3.8) is 0 Å². The topological polar surface area (TPSA) is 75.6 Å². The number of benzene rings is 2. The molecule has 27 heavy (non-hydrogen) atoms. The lowest BCUT2D eigenvalue weighted by molar-refractivity contribution is -0.137. The van der Waals surface area contributed by atoms with Crippen LogP contribution in [0.15, 0.2) is 53.4 Å². The van der Waals surface area contributed by atoms with Gasteiger partial charge in [0.1, 0.15) is 0 Å². The predicted molar refractivity (Wildman–Crippen MR) is 107 cm³/mol. The summed E-state index contributed by atoms with van der Waals surface area (Å²) in [5.74, 6) is -1.26. The number of rotatable bonds is 9. The summed E-state index contributed by atoms with van der Waals surface area (Å²) in [5.41, 5.74) is 2.24. The molecule has 144 valence electrons. The quantitative estimate of drug-likeness (QED) is 0.628. The van der Waals surface area contributed by atoms with Crippen LogP contribution < -0.4 is 5.32 Å². The average Bonchev–Trinajstić information content (AvgIpc) is 2.66. The third-order valence-electron chi connectivity index (χ3n) is 4.00. The van der Waals surface area contributed by atoms with E-state index in [1.165, 1.54) is 0 Å². The molecule has 1 atom stereocenters. The number of amides is 1. The minimum absolute atomic E-state index is 0.141. The molecule has 0 aliphatic carbocycles. The van der Waals surface area contributed by atoms with Crippen LogP contribution in [-0.2, 0) is 16.1 Å². The van der Waals surface area contributed by atoms with Crippen LogP contribution in [0.2, 0.25) is 0 Å². The summed E-state index contributed by atoms with van der Waals surface area (Å²) >= 11 is 1.61. The Bertz CT molecular complexity index is 757. The molecule has 0 radical (unpaired) electrons. The van der Waals surface area contributed by atoms with Gasteiger partial charge in [-0.15, -0.1) is 11.8 Å². The first-order valence-corrected chi connectivity index (χ1v) is 9.98. The van der Waals surface area contributed by atoms with Gasteiger partial charge in [-0.1, -0.05) is 24.3 Å². The van der Waals surface area contributed by atoms with Crippen molar-refractivity contribution >= 4 is 23.6 Å². The summed E-state index contributed by atoms with van der Waals surface area (Å²) < 4.78 is 5.55. The van der Waals surface area contributed by atoms with E-state index in [1.807, 2.05) is 56.5 Å². The maximum absolute atomic E-state index is 12.6. The zero-order valence-electron chi connectivity index (χ0n) is 15.8. The van der Waals surface area contributed by atoms with Gasteiger partial charge in [0.25, 0.3) is 5.91 Å². The molecule has 1 amide bonds. The molecule has 0 bridgehead atoms. The van der Waals surface area contributed by atoms with Crippen molar-refractivity contribution in [3.05, 3.63) is 65.2 Å². The number of carboxylic acid groups (broad SMARTS) is 1. The summed E-state index contributed by atoms with van der Waals surface area (Å²) in [6.45, 7) is 4.43. The number of hydrogen-bond acceptors (Lipinski definition) is 4. The first kappa shape index (κ1) is 21.0. The molecule has 2 aromatic carbocycles. The number of carbonyl (C=O) groups excluding carboxylic acids is 1. The number of aliphatic carboxylic acids is 1. The Morgan fingerprint density at radius 3 is 2.22 bits per heavy atom. The van der Waals surface area contributed by atoms with Gasteiger partial charge >= 0.3 is 5.97 Å². The normalized spacial score (nSPS) is 12.0. The van der Waals surface area contributed by atoms with Crippen molar-refractivity contribution in [1.29, 1.82) is 0 Å². The van der Waals surface area contributed by atoms with Crippen LogP contribution >= 0.6 is 11.8 Å². The Hall–Kier alpha value is -2.31. The van der Waals surface area contributed by atoms with Gasteiger partial charge in [-0.2, -0.15) is 0 Å². The molecule has 0 fully saturated rings. The van der Waals surface area contributed by atoms with Gasteiger partial charge in [0.2, 0.25) is 0 Å². The van der Waals surface area contributed by atoms with Crippen molar-refractivity contribution in [3.8, 4) is 0 Å². The summed E-state index contributed by atoms with van der Waals surface area (Å²) in [6.07, 6.45) is 1.94. The lowest BCUT2D eigenvalue weighted by Gasteiger charge is -2.18. The molecule has 6 heteroatoms. The van der Waals surface area contributed by atoms with Gasteiger partial charge in [-0.05, 0) is 55.5 Å². The van der Waals surface area contributed by atoms with E-state index in [4.69, 9.17) is 4.74 Å². The average molecular weight is 388 g/mol. The van der Waals surface area contributed by atoms with Gasteiger partial charge in [-0.25, -0.2) is 0 Å². The molecule has 0 spiro atoms. The molecular formula is C21H25NO4S. The zero-order valence-corrected chi connectivity index (χ0v) is 16.6. The van der Waals surface area contributed by atoms with E-state index in [9.17, 15) is 14.7 Å². The van der Waals surface area contributed by atoms with Crippen LogP contribution in [-0.4, -0.2) is 29.3 Å². The maximum atomic E-state index is 12.6. The Kier molecular flexibility index (Phi) is 7.88. The largest absolute Gasteiger partial charge is 0.481 e. The van der Waals surface area contributed by atoms with E-state index in [2.05, 4.69) is 5.32 Å². The fourth-order valence-corrected chi connectivity index (χ4v) is 2.93. The highest BCUT2D eigenvalue weighted by Crippen LogP contribution is 2.22. The molecule has 0 aliphatic heterocycles. The molecule has 0 aromatic heterocycles. The fourth-order valence-electron chi connectivity index (χ4n) is 2.52. The third-order valence-corrected chi connectivity index (χ3v) is 4.75. The maximum Gasteiger partial charge on any atom is 0.305 e. The van der Waals surface area contributed by atoms with E-state index >= 15 is 0 Å². The number of carbonyl (C=O) groups is 2. The highest BCUT2D eigenvalue weighted by atomic mass is 32.2. The molecule has 0 heterocycles. The molecule has 2 rings (SSSR count). The second-order valence-corrected chi connectivity index (χ2v) is 7.33. The minimum atomic E-state index is -0.963. The molecular weight excluding hydrogens is 362 g/mol. The number of hydrogen-bond donors (Lipinski definition) is 2. The Balaban J connectivity index is 2.09. The fraction of sp³-hybridized carbons (Fsp3) is 0.333. The van der Waals surface area contributed by atoms with Gasteiger partial charge < -0.3 is 15.2 Å². The monoisotopic (exact) mass is 387 g/mol. The van der Waals surface area contributed by atoms with Gasteiger partial charge in [0, 0.05) is 10.5 Å². The van der Waals surface area contributed by atoms with Crippen LogP contribution in [0, 0.1) is 0 Å². The van der Waals surface area contributed by atoms with Crippen molar-refractivity contribution in [2.75, 3.05) is 6.26 Å². The smallest absolute Gasteiger partial charge is 0.305 e. The molecule has 0 aliphatic rings. The van der Waals surface area contributed by atoms with E-state index in [0.717, 1.165) is 16.0 Å². The van der Waals surface area contributed by atoms with Crippen LogP contribution in [0.1, 0.15) is 47.8 Å². The Morgan fingerprint density at radius 2 is 1.70 bits per heavy atom. The highest BCUT2D eigenvalue weighted by molar-refractivity contribution is 7.98. The molecule has 2 aromatic rings. The van der Waals surface area contributed by atoms with E-state index < -0.39 is 12.0 Å². The molecule has 1 unspecified atom stereocenters. The summed E-state index contributed by atoms with van der Waals surface area (Å²) in [7, 11) is 0. The summed E-state index contributed by atoms with van der Waals surface area (Å²) in [4.78, 5) is 24.9. The Morgan fingerprint density at radius 1 is 1.07 bits per heavy atom. The van der Waals surface area contributed by atoms with E-state index in [1.54, 1.807) is 23.9 Å². The van der Waals surface area contributed by atoms with Crippen molar-refractivity contribution in [2.45, 2.75) is 43.9 Å². The predicted octanol–water partition coefficient (Wildman–Crippen LogP) is 4.28. The van der Waals surface area contributed by atoms with Gasteiger partial charge in [0.05, 0.1) is 25.2 Å². The molecule has 5 nitrogen and oxygen atoms in total. The third kappa shape index (κ3) is 6.73. The molecule has 0 saturated carbocycles. The number of carboxylic acids is 1. The lowest BCUT2D eigenvalue weighted by Crippen LogP contribution is -2.30. The number of nitrogens with one attached hydrogen (secondary N) is 1. The van der Waals surface area contributed by atoms with Crippen molar-refractivity contribution < 1.29 is 19.4 Å². The second kappa shape index (κ2) is 10.1. The first-order chi connectivity index (χ1) is 12.9. The van der Waals surface area contributed by atoms with Crippen molar-refractivity contribution in [2.24, 2.45) is 0 Å². The standard InChI is InChI=1S/C21H25NO4S/c1-14(2)26-13-15-4-6-17(7-5-15)21(25)22-19(12-20(23)24)16-8-10-18(27-3)11-9-16/h4-11,14,19H,12-13H2,1-3H3,(H,22,25)(H,23,24). The SMILES string of the molecule is CSc1ccc(C(CC(=O)O)NC(=O)c2ccc(COC(C)C)cc2)cc1. The zero-order chi connectivity index (χ0) is 19.8. The van der Waals surface area contributed by atoms with Crippen LogP contribution in [0.5, 0.6) is 0 Å². The summed E-state index contributed by atoms with van der Waals surface area (Å²) in [6, 6.07) is 14.1. The molecule has 2 N–H and O–H groups in total. The Labute approximate surface area is 164 Å². The lowest BCUT2D eigenvalue weighted by atomic mass is 10.0. The van der Waals surface area contributed by atoms with E-state index in [-0.39, 0.29) is 18.4 Å². The van der Waals surface area contributed by atoms with Crippen molar-refractivity contribution in [1.82, 2.24) is 5.32 Å². The van der Waals surface area contributed by atoms with Gasteiger partial charge in [0.15, 0.2) is 0 Å². The van der Waals surface area contributed by atoms with Crippen LogP contribution in [0.3, 0.4) is 0 Å². The van der Waals surface area contributed by atoms with Crippen LogP contribution in [0.25, 0.3) is 0 Å². The minimum Gasteiger partial charge on any atom is -0.481 e. The van der Waals surface area contributed by atoms with E-state index in [0.29, 0.717) is 12.2 Å². The number of thioether (sulfide) groups is 1. The molecule has 0 saturated heterocycles. The summed E-state index contributed by atoms with van der Waals surface area (Å²) in [5, 5.41) is 12.0. The number of ether oxygens (including phenoxy) is 1. The highest BCUT2D eigenvalue weighted by Gasteiger charge is 2.19. The second-order valence-electron chi connectivity index (χ2n) is 6.45. The van der Waals surface area contributed by atoms with Gasteiger partial charge in [-0.3, -0.25) is 9.59 Å². The van der Waals surface area contributed by atoms with Crippen LogP contribution in [0.4, 0.5) is 0 Å². The first-order valence-electron chi connectivity index (χ1n) is 8.76.